The van der Waals surface area contributed by atoms with Gasteiger partial charge in [0, 0.05) is 13.7 Å². The Morgan fingerprint density at radius 2 is 2.25 bits per heavy atom. The van der Waals surface area contributed by atoms with Crippen molar-refractivity contribution in [2.24, 2.45) is 0 Å². The van der Waals surface area contributed by atoms with Crippen LogP contribution < -0.4 is 0 Å². The molecular formula is C11H18O. The van der Waals surface area contributed by atoms with Crippen LogP contribution in [0, 0.1) is 0 Å². The van der Waals surface area contributed by atoms with E-state index in [1.165, 1.54) is 37.7 Å². The molecule has 1 nitrogen and oxygen atoms in total. The molecule has 1 aliphatic rings. The molecule has 0 aromatic heterocycles. The molecule has 1 aliphatic carbocycles. The van der Waals surface area contributed by atoms with Crippen molar-refractivity contribution >= 4 is 0 Å². The molecule has 1 heteroatoms. The number of hydrogen-bond acceptors (Lipinski definition) is 1. The number of methoxy groups -OCH3 is 1. The van der Waals surface area contributed by atoms with Crippen LogP contribution in [-0.4, -0.2) is 13.7 Å². The quantitative estimate of drug-likeness (QED) is 0.570. The fourth-order valence-corrected chi connectivity index (χ4v) is 1.43. The molecule has 12 heavy (non-hydrogen) atoms. The molecule has 0 saturated carbocycles. The monoisotopic (exact) mass is 166 g/mol. The van der Waals surface area contributed by atoms with Gasteiger partial charge in [-0.2, -0.15) is 0 Å². The van der Waals surface area contributed by atoms with E-state index in [0.717, 1.165) is 6.61 Å². The molecular weight excluding hydrogens is 148 g/mol. The van der Waals surface area contributed by atoms with Crippen LogP contribution in [0.1, 0.15) is 32.1 Å². The fourth-order valence-electron chi connectivity index (χ4n) is 1.43. The summed E-state index contributed by atoms with van der Waals surface area (Å²) in [6.45, 7) is 0.900. The molecule has 1 rings (SSSR count). The van der Waals surface area contributed by atoms with Crippen LogP contribution in [0.3, 0.4) is 0 Å². The van der Waals surface area contributed by atoms with Crippen molar-refractivity contribution in [1.29, 1.82) is 0 Å². The summed E-state index contributed by atoms with van der Waals surface area (Å²) in [4.78, 5) is 0. The van der Waals surface area contributed by atoms with Gasteiger partial charge in [-0.05, 0) is 32.1 Å². The van der Waals surface area contributed by atoms with Crippen molar-refractivity contribution in [3.63, 3.8) is 0 Å². The first kappa shape index (κ1) is 9.53. The number of unbranched alkanes of at least 4 members (excludes halogenated alkanes) is 1. The highest BCUT2D eigenvalue weighted by molar-refractivity contribution is 5.21. The van der Waals surface area contributed by atoms with Gasteiger partial charge in [-0.3, -0.25) is 0 Å². The van der Waals surface area contributed by atoms with E-state index in [2.05, 4.69) is 18.2 Å². The lowest BCUT2D eigenvalue weighted by Gasteiger charge is -2.05. The van der Waals surface area contributed by atoms with Gasteiger partial charge in [-0.1, -0.05) is 23.8 Å². The standard InChI is InChI=1S/C11H18O/c1-12-10-6-5-9-11-7-3-2-4-8-11/h3,7-8H,2,4-6,9-10H2,1H3. The third-order valence-corrected chi connectivity index (χ3v) is 2.14. The van der Waals surface area contributed by atoms with Crippen molar-refractivity contribution < 1.29 is 4.74 Å². The lowest BCUT2D eigenvalue weighted by molar-refractivity contribution is 0.193. The third-order valence-electron chi connectivity index (χ3n) is 2.14. The lowest BCUT2D eigenvalue weighted by atomic mass is 10.0. The topological polar surface area (TPSA) is 9.23 Å². The van der Waals surface area contributed by atoms with Crippen molar-refractivity contribution in [3.05, 3.63) is 23.8 Å². The molecule has 0 heterocycles. The summed E-state index contributed by atoms with van der Waals surface area (Å²) in [7, 11) is 1.76. The van der Waals surface area contributed by atoms with E-state index in [9.17, 15) is 0 Å². The Balaban J connectivity index is 2.06. The summed E-state index contributed by atoms with van der Waals surface area (Å²) >= 11 is 0. The van der Waals surface area contributed by atoms with E-state index in [4.69, 9.17) is 4.74 Å². The zero-order chi connectivity index (χ0) is 8.65. The number of hydrogen-bond donors (Lipinski definition) is 0. The molecule has 0 saturated heterocycles. The highest BCUT2D eigenvalue weighted by Crippen LogP contribution is 2.15. The van der Waals surface area contributed by atoms with Gasteiger partial charge in [-0.25, -0.2) is 0 Å². The Kier molecular flexibility index (Phi) is 4.77. The van der Waals surface area contributed by atoms with E-state index in [1.807, 2.05) is 0 Å². The summed E-state index contributed by atoms with van der Waals surface area (Å²) in [6.07, 6.45) is 13.0. The van der Waals surface area contributed by atoms with Crippen molar-refractivity contribution in [2.45, 2.75) is 32.1 Å². The average Bonchev–Trinajstić information content (AvgIpc) is 2.14. The van der Waals surface area contributed by atoms with Crippen LogP contribution in [0.4, 0.5) is 0 Å². The van der Waals surface area contributed by atoms with Gasteiger partial charge < -0.3 is 4.74 Å². The molecule has 0 aliphatic heterocycles. The minimum absolute atomic E-state index is 0.900. The predicted octanol–water partition coefficient (Wildman–Crippen LogP) is 3.08. The molecule has 0 N–H and O–H groups in total. The zero-order valence-corrected chi connectivity index (χ0v) is 7.88. The molecule has 0 spiro atoms. The number of rotatable bonds is 5. The second-order valence-electron chi connectivity index (χ2n) is 3.21. The molecule has 68 valence electrons. The smallest absolute Gasteiger partial charge is 0.0462 e. The summed E-state index contributed by atoms with van der Waals surface area (Å²) in [5.41, 5.74) is 1.51. The molecule has 0 aromatic carbocycles. The first-order valence-electron chi connectivity index (χ1n) is 4.78. The second kappa shape index (κ2) is 6.01. The van der Waals surface area contributed by atoms with E-state index in [0.29, 0.717) is 0 Å². The third kappa shape index (κ3) is 3.72. The van der Waals surface area contributed by atoms with Crippen LogP contribution >= 0.6 is 0 Å². The van der Waals surface area contributed by atoms with Gasteiger partial charge in [0.1, 0.15) is 0 Å². The fraction of sp³-hybridized carbons (Fsp3) is 0.636. The Bertz CT molecular complexity index is 168. The molecule has 0 atom stereocenters. The van der Waals surface area contributed by atoms with Gasteiger partial charge in [0.15, 0.2) is 0 Å². The van der Waals surface area contributed by atoms with Crippen LogP contribution in [0.2, 0.25) is 0 Å². The molecule has 0 aromatic rings. The van der Waals surface area contributed by atoms with E-state index < -0.39 is 0 Å². The highest BCUT2D eigenvalue weighted by Gasteiger charge is 1.96. The van der Waals surface area contributed by atoms with Gasteiger partial charge in [0.2, 0.25) is 0 Å². The Labute approximate surface area is 75.1 Å². The van der Waals surface area contributed by atoms with E-state index >= 15 is 0 Å². The largest absolute Gasteiger partial charge is 0.385 e. The second-order valence-corrected chi connectivity index (χ2v) is 3.21. The van der Waals surface area contributed by atoms with Gasteiger partial charge in [0.25, 0.3) is 0 Å². The summed E-state index contributed by atoms with van der Waals surface area (Å²) < 4.78 is 4.99. The predicted molar refractivity (Wildman–Crippen MR) is 52.2 cm³/mol. The molecule has 0 unspecified atom stereocenters. The van der Waals surface area contributed by atoms with E-state index in [1.54, 1.807) is 7.11 Å². The van der Waals surface area contributed by atoms with Crippen molar-refractivity contribution in [2.75, 3.05) is 13.7 Å². The molecule has 0 bridgehead atoms. The highest BCUT2D eigenvalue weighted by atomic mass is 16.5. The Morgan fingerprint density at radius 1 is 1.33 bits per heavy atom. The average molecular weight is 166 g/mol. The molecule has 0 amide bonds. The zero-order valence-electron chi connectivity index (χ0n) is 7.88. The lowest BCUT2D eigenvalue weighted by Crippen LogP contribution is -1.90. The van der Waals surface area contributed by atoms with Crippen molar-refractivity contribution in [3.8, 4) is 0 Å². The van der Waals surface area contributed by atoms with Crippen LogP contribution in [0.5, 0.6) is 0 Å². The Hall–Kier alpha value is -0.560. The van der Waals surface area contributed by atoms with Gasteiger partial charge in [0.05, 0.1) is 0 Å². The minimum atomic E-state index is 0.900. The first-order valence-corrected chi connectivity index (χ1v) is 4.78. The minimum Gasteiger partial charge on any atom is -0.385 e. The normalized spacial score (nSPS) is 16.2. The van der Waals surface area contributed by atoms with Crippen LogP contribution in [-0.2, 0) is 4.74 Å². The maximum Gasteiger partial charge on any atom is 0.0462 e. The van der Waals surface area contributed by atoms with Gasteiger partial charge in [-0.15, -0.1) is 0 Å². The first-order chi connectivity index (χ1) is 5.93. The van der Waals surface area contributed by atoms with Crippen LogP contribution in [0.15, 0.2) is 23.8 Å². The molecule has 0 radical (unpaired) electrons. The maximum atomic E-state index is 4.99. The molecule has 0 fully saturated rings. The Morgan fingerprint density at radius 3 is 2.92 bits per heavy atom. The SMILES string of the molecule is COCCCCC1=CCCC=C1. The van der Waals surface area contributed by atoms with Crippen molar-refractivity contribution in [1.82, 2.24) is 0 Å². The van der Waals surface area contributed by atoms with Crippen LogP contribution in [0.25, 0.3) is 0 Å². The van der Waals surface area contributed by atoms with Gasteiger partial charge >= 0.3 is 0 Å². The maximum absolute atomic E-state index is 4.99. The van der Waals surface area contributed by atoms with E-state index in [-0.39, 0.29) is 0 Å². The number of ether oxygens (including phenoxy) is 1. The summed E-state index contributed by atoms with van der Waals surface area (Å²) in [5, 5.41) is 0. The number of allylic oxidation sites excluding steroid dienone is 4. The summed E-state index contributed by atoms with van der Waals surface area (Å²) in [6, 6.07) is 0. The summed E-state index contributed by atoms with van der Waals surface area (Å²) in [5.74, 6) is 0.